The first-order valence-electron chi connectivity index (χ1n) is 6.42. The molecule has 1 unspecified atom stereocenters. The Labute approximate surface area is 124 Å². The molecule has 2 N–H and O–H groups in total. The number of benzene rings is 1. The maximum absolute atomic E-state index is 13.8. The van der Waals surface area contributed by atoms with Crippen molar-refractivity contribution in [2.45, 2.75) is 25.6 Å². The third-order valence-electron chi connectivity index (χ3n) is 2.82. The standard InChI is InChI=1S/C14H15F5N2O/c1-3-5-20-13(22)12-9(15)6-8(7-10(12)16)21-11(4-2)14(17,18)19/h3,6-7,11,21H,1,4-5H2,2H3,(H,20,22). The van der Waals surface area contributed by atoms with Gasteiger partial charge in [0.15, 0.2) is 0 Å². The third-order valence-corrected chi connectivity index (χ3v) is 2.82. The van der Waals surface area contributed by atoms with E-state index < -0.39 is 35.3 Å². The highest BCUT2D eigenvalue weighted by molar-refractivity contribution is 5.95. The van der Waals surface area contributed by atoms with Gasteiger partial charge in [0.1, 0.15) is 23.2 Å². The number of nitrogens with one attached hydrogen (secondary N) is 2. The van der Waals surface area contributed by atoms with E-state index in [2.05, 4.69) is 11.9 Å². The van der Waals surface area contributed by atoms with E-state index in [0.29, 0.717) is 12.1 Å². The van der Waals surface area contributed by atoms with Crippen molar-refractivity contribution in [2.75, 3.05) is 11.9 Å². The Bertz CT molecular complexity index is 534. The van der Waals surface area contributed by atoms with Crippen LogP contribution in [-0.2, 0) is 0 Å². The number of hydrogen-bond acceptors (Lipinski definition) is 2. The molecule has 0 bridgehead atoms. The third kappa shape index (κ3) is 4.44. The number of halogens is 5. The molecule has 0 saturated heterocycles. The summed E-state index contributed by atoms with van der Waals surface area (Å²) in [6.07, 6.45) is -3.55. The lowest BCUT2D eigenvalue weighted by atomic mass is 10.1. The van der Waals surface area contributed by atoms with E-state index in [0.717, 1.165) is 0 Å². The first kappa shape index (κ1) is 17.9. The number of anilines is 1. The lowest BCUT2D eigenvalue weighted by Gasteiger charge is -2.21. The number of hydrogen-bond donors (Lipinski definition) is 2. The molecule has 1 rings (SSSR count). The fraction of sp³-hybridized carbons (Fsp3) is 0.357. The second-order valence-corrected chi connectivity index (χ2v) is 4.46. The highest BCUT2D eigenvalue weighted by Crippen LogP contribution is 2.27. The van der Waals surface area contributed by atoms with Gasteiger partial charge < -0.3 is 10.6 Å². The minimum absolute atomic E-state index is 0.00367. The molecular formula is C14H15F5N2O. The summed E-state index contributed by atoms with van der Waals surface area (Å²) in [5.41, 5.74) is -1.24. The molecule has 1 amide bonds. The van der Waals surface area contributed by atoms with Gasteiger partial charge in [-0.15, -0.1) is 6.58 Å². The van der Waals surface area contributed by atoms with Crippen LogP contribution in [0, 0.1) is 11.6 Å². The van der Waals surface area contributed by atoms with E-state index in [9.17, 15) is 26.7 Å². The molecule has 122 valence electrons. The minimum Gasteiger partial charge on any atom is -0.374 e. The van der Waals surface area contributed by atoms with Crippen molar-refractivity contribution >= 4 is 11.6 Å². The van der Waals surface area contributed by atoms with Crippen molar-refractivity contribution in [3.63, 3.8) is 0 Å². The molecule has 3 nitrogen and oxygen atoms in total. The molecule has 0 spiro atoms. The lowest BCUT2D eigenvalue weighted by molar-refractivity contribution is -0.142. The number of alkyl halides is 3. The molecule has 0 aliphatic rings. The monoisotopic (exact) mass is 322 g/mol. The van der Waals surface area contributed by atoms with Gasteiger partial charge >= 0.3 is 6.18 Å². The van der Waals surface area contributed by atoms with Gasteiger partial charge in [0.2, 0.25) is 0 Å². The van der Waals surface area contributed by atoms with Crippen molar-refractivity contribution in [3.8, 4) is 0 Å². The summed E-state index contributed by atoms with van der Waals surface area (Å²) in [4.78, 5) is 11.6. The van der Waals surface area contributed by atoms with Crippen LogP contribution >= 0.6 is 0 Å². The highest BCUT2D eigenvalue weighted by Gasteiger charge is 2.38. The van der Waals surface area contributed by atoms with Crippen molar-refractivity contribution in [2.24, 2.45) is 0 Å². The summed E-state index contributed by atoms with van der Waals surface area (Å²) in [7, 11) is 0. The molecule has 0 heterocycles. The van der Waals surface area contributed by atoms with Crippen LogP contribution in [-0.4, -0.2) is 24.7 Å². The summed E-state index contributed by atoms with van der Waals surface area (Å²) in [6, 6.07) is -0.632. The molecule has 0 saturated carbocycles. The van der Waals surface area contributed by atoms with Gasteiger partial charge in [-0.1, -0.05) is 13.0 Å². The van der Waals surface area contributed by atoms with Gasteiger partial charge in [0, 0.05) is 12.2 Å². The maximum atomic E-state index is 13.8. The van der Waals surface area contributed by atoms with Crippen molar-refractivity contribution < 1.29 is 26.7 Å². The Balaban J connectivity index is 3.03. The Morgan fingerprint density at radius 3 is 2.27 bits per heavy atom. The number of amides is 1. The van der Waals surface area contributed by atoms with Crippen LogP contribution in [0.25, 0.3) is 0 Å². The lowest BCUT2D eigenvalue weighted by Crippen LogP contribution is -2.35. The highest BCUT2D eigenvalue weighted by atomic mass is 19.4. The van der Waals surface area contributed by atoms with Crippen molar-refractivity contribution in [1.29, 1.82) is 0 Å². The van der Waals surface area contributed by atoms with Gasteiger partial charge in [0.05, 0.1) is 0 Å². The van der Waals surface area contributed by atoms with E-state index in [-0.39, 0.29) is 18.7 Å². The normalized spacial score (nSPS) is 12.6. The number of carbonyl (C=O) groups is 1. The second-order valence-electron chi connectivity index (χ2n) is 4.46. The Kier molecular flexibility index (Phi) is 5.90. The summed E-state index contributed by atoms with van der Waals surface area (Å²) in [5.74, 6) is -3.51. The SMILES string of the molecule is C=CCNC(=O)c1c(F)cc(NC(CC)C(F)(F)F)cc1F. The molecule has 0 fully saturated rings. The summed E-state index contributed by atoms with van der Waals surface area (Å²) >= 11 is 0. The average molecular weight is 322 g/mol. The molecule has 8 heteroatoms. The van der Waals surface area contributed by atoms with Crippen LogP contribution in [0.5, 0.6) is 0 Å². The molecule has 1 aromatic rings. The predicted octanol–water partition coefficient (Wildman–Crippen LogP) is 3.63. The fourth-order valence-corrected chi connectivity index (χ4v) is 1.74. The average Bonchev–Trinajstić information content (AvgIpc) is 2.40. The van der Waals surface area contributed by atoms with Crippen LogP contribution in [0.15, 0.2) is 24.8 Å². The largest absolute Gasteiger partial charge is 0.408 e. The number of rotatable bonds is 6. The quantitative estimate of drug-likeness (QED) is 0.620. The molecule has 1 atom stereocenters. The van der Waals surface area contributed by atoms with Crippen LogP contribution < -0.4 is 10.6 Å². The molecule has 1 aromatic carbocycles. The zero-order chi connectivity index (χ0) is 16.9. The van der Waals surface area contributed by atoms with Crippen molar-refractivity contribution in [1.82, 2.24) is 5.32 Å². The van der Waals surface area contributed by atoms with E-state index in [1.54, 1.807) is 0 Å². The molecule has 0 aliphatic heterocycles. The van der Waals surface area contributed by atoms with E-state index in [1.807, 2.05) is 5.32 Å². The molecule has 0 aliphatic carbocycles. The van der Waals surface area contributed by atoms with Crippen LogP contribution in [0.2, 0.25) is 0 Å². The Morgan fingerprint density at radius 2 is 1.86 bits per heavy atom. The Morgan fingerprint density at radius 1 is 1.32 bits per heavy atom. The van der Waals surface area contributed by atoms with Crippen LogP contribution in [0.1, 0.15) is 23.7 Å². The van der Waals surface area contributed by atoms with Gasteiger partial charge in [-0.3, -0.25) is 4.79 Å². The van der Waals surface area contributed by atoms with Crippen LogP contribution in [0.3, 0.4) is 0 Å². The first-order valence-corrected chi connectivity index (χ1v) is 6.42. The summed E-state index contributed by atoms with van der Waals surface area (Å²) < 4.78 is 65.5. The van der Waals surface area contributed by atoms with E-state index in [1.165, 1.54) is 13.0 Å². The zero-order valence-corrected chi connectivity index (χ0v) is 11.7. The fourth-order valence-electron chi connectivity index (χ4n) is 1.74. The van der Waals surface area contributed by atoms with E-state index in [4.69, 9.17) is 0 Å². The maximum Gasteiger partial charge on any atom is 0.408 e. The van der Waals surface area contributed by atoms with Gasteiger partial charge in [-0.25, -0.2) is 8.78 Å². The molecule has 0 aromatic heterocycles. The zero-order valence-electron chi connectivity index (χ0n) is 11.7. The van der Waals surface area contributed by atoms with Gasteiger partial charge in [-0.2, -0.15) is 13.2 Å². The van der Waals surface area contributed by atoms with Crippen LogP contribution in [0.4, 0.5) is 27.6 Å². The molecular weight excluding hydrogens is 307 g/mol. The molecule has 0 radical (unpaired) electrons. The number of carbonyl (C=O) groups excluding carboxylic acids is 1. The first-order chi connectivity index (χ1) is 10.2. The van der Waals surface area contributed by atoms with Crippen molar-refractivity contribution in [3.05, 3.63) is 42.0 Å². The van der Waals surface area contributed by atoms with Gasteiger partial charge in [0.25, 0.3) is 5.91 Å². The Hall–Kier alpha value is -2.12. The summed E-state index contributed by atoms with van der Waals surface area (Å²) in [5, 5.41) is 4.20. The second kappa shape index (κ2) is 7.24. The van der Waals surface area contributed by atoms with Gasteiger partial charge in [-0.05, 0) is 18.6 Å². The predicted molar refractivity (Wildman–Crippen MR) is 72.6 cm³/mol. The molecule has 22 heavy (non-hydrogen) atoms. The smallest absolute Gasteiger partial charge is 0.374 e. The summed E-state index contributed by atoms with van der Waals surface area (Å²) in [6.45, 7) is 4.62. The van der Waals surface area contributed by atoms with E-state index >= 15 is 0 Å². The minimum atomic E-state index is -4.55. The topological polar surface area (TPSA) is 41.1 Å².